The van der Waals surface area contributed by atoms with Gasteiger partial charge in [-0.3, -0.25) is 0 Å². The van der Waals surface area contributed by atoms with Crippen LogP contribution in [0.2, 0.25) is 0 Å². The molecule has 1 aromatic heterocycles. The van der Waals surface area contributed by atoms with E-state index in [9.17, 15) is 4.39 Å². The fraction of sp³-hybridized carbons (Fsp3) is 0.385. The molecule has 0 atom stereocenters. The van der Waals surface area contributed by atoms with E-state index >= 15 is 0 Å². The second-order valence-electron chi connectivity index (χ2n) is 8.23. The number of hydrogen-bond donors (Lipinski definition) is 0. The number of hydrogen-bond acceptors (Lipinski definition) is 4. The van der Waals surface area contributed by atoms with Crippen molar-refractivity contribution in [1.29, 1.82) is 0 Å². The van der Waals surface area contributed by atoms with E-state index in [1.807, 2.05) is 13.0 Å². The minimum atomic E-state index is -0.254. The van der Waals surface area contributed by atoms with Gasteiger partial charge in [0.1, 0.15) is 11.6 Å². The number of aromatic nitrogens is 2. The zero-order chi connectivity index (χ0) is 21.5. The Kier molecular flexibility index (Phi) is 9.00. The first-order chi connectivity index (χ1) is 15.2. The second-order valence-corrected chi connectivity index (χ2v) is 8.23. The summed E-state index contributed by atoms with van der Waals surface area (Å²) >= 11 is 0. The van der Waals surface area contributed by atoms with Gasteiger partial charge in [-0.1, -0.05) is 30.3 Å². The summed E-state index contributed by atoms with van der Waals surface area (Å²) in [6.45, 7) is 5.95. The maximum Gasteiger partial charge on any atom is 0.217 e. The van der Waals surface area contributed by atoms with Crippen molar-refractivity contribution in [3.8, 4) is 17.1 Å². The molecule has 0 bridgehead atoms. The molecule has 3 aromatic rings. The van der Waals surface area contributed by atoms with Crippen LogP contribution in [-0.4, -0.2) is 41.1 Å². The van der Waals surface area contributed by atoms with E-state index in [-0.39, 0.29) is 18.2 Å². The third-order valence-corrected chi connectivity index (χ3v) is 5.93. The number of unbranched alkanes of at least 4 members (excludes halogenated alkanes) is 1. The highest BCUT2D eigenvalue weighted by molar-refractivity contribution is 5.85. The molecule has 4 rings (SSSR count). The fourth-order valence-electron chi connectivity index (χ4n) is 4.21. The van der Waals surface area contributed by atoms with Gasteiger partial charge in [-0.25, -0.2) is 9.37 Å². The summed E-state index contributed by atoms with van der Waals surface area (Å²) in [6.07, 6.45) is 4.60. The van der Waals surface area contributed by atoms with Gasteiger partial charge in [0.25, 0.3) is 0 Å². The van der Waals surface area contributed by atoms with Crippen LogP contribution in [0.5, 0.6) is 5.88 Å². The first kappa shape index (κ1) is 24.1. The molecular weight excluding hydrogens is 425 g/mol. The lowest BCUT2D eigenvalue weighted by atomic mass is 9.89. The molecule has 2 heterocycles. The number of ether oxygens (including phenoxy) is 1. The Morgan fingerprint density at radius 1 is 0.969 bits per heavy atom. The Hall–Kier alpha value is -2.50. The molecule has 0 amide bonds. The van der Waals surface area contributed by atoms with Crippen LogP contribution in [0.1, 0.15) is 43.0 Å². The monoisotopic (exact) mass is 455 g/mol. The van der Waals surface area contributed by atoms with Crippen LogP contribution in [0.15, 0.2) is 60.7 Å². The lowest BCUT2D eigenvalue weighted by Gasteiger charge is -2.32. The van der Waals surface area contributed by atoms with E-state index in [2.05, 4.69) is 45.2 Å². The van der Waals surface area contributed by atoms with Gasteiger partial charge in [-0.2, -0.15) is 4.98 Å². The van der Waals surface area contributed by atoms with Crippen LogP contribution in [0.3, 0.4) is 0 Å². The number of rotatable bonds is 8. The van der Waals surface area contributed by atoms with Gasteiger partial charge in [0.2, 0.25) is 5.88 Å². The normalized spacial score (nSPS) is 14.7. The smallest absolute Gasteiger partial charge is 0.217 e. The van der Waals surface area contributed by atoms with E-state index < -0.39 is 0 Å². The van der Waals surface area contributed by atoms with Crippen LogP contribution in [0, 0.1) is 12.7 Å². The lowest BCUT2D eigenvalue weighted by molar-refractivity contribution is 0.201. The zero-order valence-electron chi connectivity index (χ0n) is 18.5. The Labute approximate surface area is 196 Å². The van der Waals surface area contributed by atoms with Crippen LogP contribution in [0.25, 0.3) is 11.3 Å². The van der Waals surface area contributed by atoms with Crippen LogP contribution < -0.4 is 4.74 Å². The molecule has 32 heavy (non-hydrogen) atoms. The van der Waals surface area contributed by atoms with Crippen molar-refractivity contribution in [2.75, 3.05) is 26.2 Å². The number of halogens is 2. The molecule has 0 unspecified atom stereocenters. The van der Waals surface area contributed by atoms with Gasteiger partial charge in [-0.15, -0.1) is 12.4 Å². The van der Waals surface area contributed by atoms with Crippen LogP contribution in [0.4, 0.5) is 4.39 Å². The Balaban J connectivity index is 0.00000289. The molecule has 1 saturated heterocycles. The number of nitrogens with zero attached hydrogens (tertiary/aromatic N) is 3. The highest BCUT2D eigenvalue weighted by Crippen LogP contribution is 2.27. The third-order valence-electron chi connectivity index (χ3n) is 5.93. The van der Waals surface area contributed by atoms with Gasteiger partial charge < -0.3 is 9.64 Å². The van der Waals surface area contributed by atoms with E-state index in [4.69, 9.17) is 4.74 Å². The quantitative estimate of drug-likeness (QED) is 0.387. The zero-order valence-corrected chi connectivity index (χ0v) is 19.4. The summed E-state index contributed by atoms with van der Waals surface area (Å²) in [7, 11) is 0. The maximum absolute atomic E-state index is 13.2. The fourth-order valence-corrected chi connectivity index (χ4v) is 4.21. The van der Waals surface area contributed by atoms with E-state index in [1.54, 1.807) is 12.1 Å². The number of piperidine rings is 1. The Bertz CT molecular complexity index is 961. The molecule has 1 aliphatic rings. The average molecular weight is 456 g/mol. The Morgan fingerprint density at radius 2 is 1.69 bits per heavy atom. The highest BCUT2D eigenvalue weighted by Gasteiger charge is 2.19. The van der Waals surface area contributed by atoms with Crippen molar-refractivity contribution in [2.24, 2.45) is 0 Å². The summed E-state index contributed by atoms with van der Waals surface area (Å²) in [5.74, 6) is 1.68. The molecular formula is C26H31ClFN3O. The first-order valence-corrected chi connectivity index (χ1v) is 11.2. The minimum Gasteiger partial charge on any atom is -0.478 e. The van der Waals surface area contributed by atoms with Gasteiger partial charge in [0.05, 0.1) is 12.3 Å². The van der Waals surface area contributed by atoms with Crippen molar-refractivity contribution in [3.63, 3.8) is 0 Å². The number of aryl methyl sites for hydroxylation is 1. The van der Waals surface area contributed by atoms with E-state index in [0.717, 1.165) is 30.6 Å². The summed E-state index contributed by atoms with van der Waals surface area (Å²) < 4.78 is 19.1. The molecule has 1 aliphatic heterocycles. The summed E-state index contributed by atoms with van der Waals surface area (Å²) in [5.41, 5.74) is 3.09. The first-order valence-electron chi connectivity index (χ1n) is 11.2. The van der Waals surface area contributed by atoms with Gasteiger partial charge in [-0.05, 0) is 88.0 Å². The summed E-state index contributed by atoms with van der Waals surface area (Å²) in [6, 6.07) is 19.0. The molecule has 1 fully saturated rings. The SMILES string of the molecule is Cc1nc(OCCCCN2CCC(c3ccccc3)CC2)cc(-c2ccc(F)cc2)n1.Cl. The molecule has 0 aliphatic carbocycles. The molecule has 0 N–H and O–H groups in total. The molecule has 2 aromatic carbocycles. The Morgan fingerprint density at radius 3 is 2.41 bits per heavy atom. The lowest BCUT2D eigenvalue weighted by Crippen LogP contribution is -2.33. The van der Waals surface area contributed by atoms with Gasteiger partial charge in [0, 0.05) is 11.6 Å². The predicted molar refractivity (Wildman–Crippen MR) is 129 cm³/mol. The molecule has 170 valence electrons. The van der Waals surface area contributed by atoms with Crippen molar-refractivity contribution in [2.45, 2.75) is 38.5 Å². The predicted octanol–water partition coefficient (Wildman–Crippen LogP) is 6.05. The van der Waals surface area contributed by atoms with Crippen LogP contribution in [-0.2, 0) is 0 Å². The average Bonchev–Trinajstić information content (AvgIpc) is 2.80. The molecule has 0 radical (unpaired) electrons. The topological polar surface area (TPSA) is 38.2 Å². The number of likely N-dealkylation sites (tertiary alicyclic amines) is 1. The minimum absolute atomic E-state index is 0. The van der Waals surface area contributed by atoms with E-state index in [1.165, 1.54) is 43.6 Å². The third kappa shape index (κ3) is 6.75. The number of benzene rings is 2. The molecule has 6 heteroatoms. The van der Waals surface area contributed by atoms with Crippen molar-refractivity contribution >= 4 is 12.4 Å². The summed E-state index contributed by atoms with van der Waals surface area (Å²) in [4.78, 5) is 11.4. The second kappa shape index (κ2) is 11.9. The molecule has 4 nitrogen and oxygen atoms in total. The van der Waals surface area contributed by atoms with E-state index in [0.29, 0.717) is 24.2 Å². The van der Waals surface area contributed by atoms with Crippen molar-refractivity contribution in [1.82, 2.24) is 14.9 Å². The molecule has 0 spiro atoms. The van der Waals surface area contributed by atoms with Crippen molar-refractivity contribution in [3.05, 3.63) is 77.9 Å². The largest absolute Gasteiger partial charge is 0.478 e. The summed E-state index contributed by atoms with van der Waals surface area (Å²) in [5, 5.41) is 0. The standard InChI is InChI=1S/C26H30FN3O.ClH/c1-20-28-25(23-9-11-24(27)12-10-23)19-26(29-20)31-18-6-5-15-30-16-13-22(14-17-30)21-7-3-2-4-8-21;/h2-4,7-12,19,22H,5-6,13-18H2,1H3;1H. The maximum atomic E-state index is 13.2. The highest BCUT2D eigenvalue weighted by atomic mass is 35.5. The van der Waals surface area contributed by atoms with Gasteiger partial charge >= 0.3 is 0 Å². The molecule has 0 saturated carbocycles. The van der Waals surface area contributed by atoms with Crippen molar-refractivity contribution < 1.29 is 9.13 Å². The van der Waals surface area contributed by atoms with Gasteiger partial charge in [0.15, 0.2) is 0 Å². The van der Waals surface area contributed by atoms with Crippen LogP contribution >= 0.6 is 12.4 Å².